The van der Waals surface area contributed by atoms with Crippen LogP contribution in [-0.4, -0.2) is 26.9 Å². The topological polar surface area (TPSA) is 79.8 Å². The minimum absolute atomic E-state index is 0.191. The van der Waals surface area contributed by atoms with Crippen molar-refractivity contribution in [3.05, 3.63) is 47.7 Å². The molecule has 6 nitrogen and oxygen atoms in total. The van der Waals surface area contributed by atoms with Crippen molar-refractivity contribution in [2.45, 2.75) is 51.6 Å². The maximum absolute atomic E-state index is 12.4. The van der Waals surface area contributed by atoms with Gasteiger partial charge in [0.05, 0.1) is 0 Å². The number of carbonyl (C=O) groups excluding carboxylic acids is 1. The van der Waals surface area contributed by atoms with E-state index < -0.39 is 0 Å². The molecule has 1 saturated carbocycles. The summed E-state index contributed by atoms with van der Waals surface area (Å²) in [7, 11) is 0. The summed E-state index contributed by atoms with van der Waals surface area (Å²) >= 11 is 0. The minimum Gasteiger partial charge on any atom is -0.367 e. The molecule has 1 fully saturated rings. The van der Waals surface area contributed by atoms with Crippen LogP contribution in [0.2, 0.25) is 0 Å². The van der Waals surface area contributed by atoms with Crippen LogP contribution in [0.25, 0.3) is 0 Å². The summed E-state index contributed by atoms with van der Waals surface area (Å²) in [5.74, 6) is 1.15. The lowest BCUT2D eigenvalue weighted by molar-refractivity contribution is 0.0945. The van der Waals surface area contributed by atoms with E-state index in [1.165, 1.54) is 19.3 Å². The third-order valence-electron chi connectivity index (χ3n) is 4.23. The number of hydrogen-bond donors (Lipinski definition) is 2. The molecule has 6 heteroatoms. The van der Waals surface area contributed by atoms with Crippen LogP contribution in [0.5, 0.6) is 0 Å². The van der Waals surface area contributed by atoms with Crippen LogP contribution in [0, 0.1) is 6.92 Å². The fourth-order valence-electron chi connectivity index (χ4n) is 2.99. The molecule has 126 valence electrons. The highest BCUT2D eigenvalue weighted by Crippen LogP contribution is 2.21. The minimum atomic E-state index is -0.191. The Labute approximate surface area is 142 Å². The zero-order chi connectivity index (χ0) is 16.8. The maximum atomic E-state index is 12.4. The van der Waals surface area contributed by atoms with Gasteiger partial charge in [-0.2, -0.15) is 0 Å². The van der Waals surface area contributed by atoms with Gasteiger partial charge in [0.25, 0.3) is 5.91 Å². The molecular formula is C18H23N5O. The highest BCUT2D eigenvalue weighted by molar-refractivity contribution is 5.92. The average molecular weight is 325 g/mol. The molecule has 0 atom stereocenters. The van der Waals surface area contributed by atoms with E-state index in [0.29, 0.717) is 24.1 Å². The largest absolute Gasteiger partial charge is 0.367 e. The molecule has 1 aliphatic carbocycles. The number of nitrogens with zero attached hydrogens (tertiary/aromatic N) is 3. The molecule has 0 saturated heterocycles. The Balaban J connectivity index is 1.64. The van der Waals surface area contributed by atoms with Crippen molar-refractivity contribution < 1.29 is 4.79 Å². The third-order valence-corrected chi connectivity index (χ3v) is 4.23. The molecule has 0 radical (unpaired) electrons. The van der Waals surface area contributed by atoms with Gasteiger partial charge in [0.2, 0.25) is 0 Å². The predicted octanol–water partition coefficient (Wildman–Crippen LogP) is 2.85. The second kappa shape index (κ2) is 7.86. The first-order chi connectivity index (χ1) is 11.7. The lowest BCUT2D eigenvalue weighted by atomic mass is 9.95. The Morgan fingerprint density at radius 1 is 1.17 bits per heavy atom. The molecule has 24 heavy (non-hydrogen) atoms. The van der Waals surface area contributed by atoms with Crippen LogP contribution in [0.15, 0.2) is 30.6 Å². The Hall–Kier alpha value is -2.50. The zero-order valence-corrected chi connectivity index (χ0v) is 14.0. The monoisotopic (exact) mass is 325 g/mol. The van der Waals surface area contributed by atoms with Crippen molar-refractivity contribution >= 4 is 11.7 Å². The Kier molecular flexibility index (Phi) is 5.36. The van der Waals surface area contributed by atoms with Gasteiger partial charge in [-0.05, 0) is 37.5 Å². The maximum Gasteiger partial charge on any atom is 0.270 e. The van der Waals surface area contributed by atoms with Crippen molar-refractivity contribution in [1.29, 1.82) is 0 Å². The van der Waals surface area contributed by atoms with Crippen LogP contribution in [0.1, 0.15) is 54.0 Å². The van der Waals surface area contributed by atoms with Gasteiger partial charge in [-0.25, -0.2) is 9.97 Å². The molecule has 0 aromatic carbocycles. The molecule has 0 bridgehead atoms. The van der Waals surface area contributed by atoms with E-state index in [1.54, 1.807) is 18.5 Å². The van der Waals surface area contributed by atoms with Gasteiger partial charge in [0.15, 0.2) is 0 Å². The summed E-state index contributed by atoms with van der Waals surface area (Å²) in [6.45, 7) is 2.27. The lowest BCUT2D eigenvalue weighted by Crippen LogP contribution is -2.26. The van der Waals surface area contributed by atoms with E-state index >= 15 is 0 Å². The van der Waals surface area contributed by atoms with Gasteiger partial charge in [-0.15, -0.1) is 0 Å². The molecule has 2 aromatic heterocycles. The summed E-state index contributed by atoms with van der Waals surface area (Å²) in [5, 5.41) is 6.34. The van der Waals surface area contributed by atoms with Gasteiger partial charge in [0.1, 0.15) is 17.3 Å². The molecule has 0 spiro atoms. The molecule has 2 aromatic rings. The van der Waals surface area contributed by atoms with Crippen LogP contribution in [0.3, 0.4) is 0 Å². The van der Waals surface area contributed by atoms with Crippen LogP contribution in [-0.2, 0) is 6.54 Å². The van der Waals surface area contributed by atoms with Crippen molar-refractivity contribution in [3.8, 4) is 0 Å². The van der Waals surface area contributed by atoms with E-state index in [4.69, 9.17) is 0 Å². The standard InChI is InChI=1S/C18H23N5O/c1-13-21-16(18(24)20-12-14-7-9-19-10-8-14)11-17(22-13)23-15-5-3-2-4-6-15/h7-11,15H,2-6,12H2,1H3,(H,20,24)(H,21,22,23). The molecule has 2 heterocycles. The zero-order valence-electron chi connectivity index (χ0n) is 14.0. The van der Waals surface area contributed by atoms with E-state index in [0.717, 1.165) is 24.2 Å². The number of pyridine rings is 1. The summed E-state index contributed by atoms with van der Waals surface area (Å²) < 4.78 is 0. The third kappa shape index (κ3) is 4.50. The van der Waals surface area contributed by atoms with E-state index in [2.05, 4.69) is 25.6 Å². The molecule has 1 amide bonds. The number of anilines is 1. The fraction of sp³-hybridized carbons (Fsp3) is 0.444. The predicted molar refractivity (Wildman–Crippen MR) is 92.7 cm³/mol. The quantitative estimate of drug-likeness (QED) is 0.883. The summed E-state index contributed by atoms with van der Waals surface area (Å²) in [6, 6.07) is 5.94. The van der Waals surface area contributed by atoms with Crippen molar-refractivity contribution in [2.75, 3.05) is 5.32 Å². The van der Waals surface area contributed by atoms with Crippen LogP contribution >= 0.6 is 0 Å². The average Bonchev–Trinajstić information content (AvgIpc) is 2.61. The van der Waals surface area contributed by atoms with Gasteiger partial charge in [-0.1, -0.05) is 19.3 Å². The number of aromatic nitrogens is 3. The first kappa shape index (κ1) is 16.4. The van der Waals surface area contributed by atoms with Crippen molar-refractivity contribution in [3.63, 3.8) is 0 Å². The SMILES string of the molecule is Cc1nc(NC2CCCCC2)cc(C(=O)NCc2ccncc2)n1. The fourth-order valence-corrected chi connectivity index (χ4v) is 2.99. The van der Waals surface area contributed by atoms with Gasteiger partial charge < -0.3 is 10.6 Å². The summed E-state index contributed by atoms with van der Waals surface area (Å²) in [4.78, 5) is 25.0. The van der Waals surface area contributed by atoms with Crippen molar-refractivity contribution in [2.24, 2.45) is 0 Å². The van der Waals surface area contributed by atoms with E-state index in [9.17, 15) is 4.79 Å². The Morgan fingerprint density at radius 3 is 2.67 bits per heavy atom. The molecular weight excluding hydrogens is 302 g/mol. The lowest BCUT2D eigenvalue weighted by Gasteiger charge is -2.23. The smallest absolute Gasteiger partial charge is 0.270 e. The Morgan fingerprint density at radius 2 is 1.92 bits per heavy atom. The highest BCUT2D eigenvalue weighted by atomic mass is 16.1. The van der Waals surface area contributed by atoms with E-state index in [1.807, 2.05) is 19.1 Å². The van der Waals surface area contributed by atoms with Crippen molar-refractivity contribution in [1.82, 2.24) is 20.3 Å². The molecule has 0 unspecified atom stereocenters. The number of rotatable bonds is 5. The number of aryl methyl sites for hydroxylation is 1. The molecule has 0 aliphatic heterocycles. The second-order valence-electron chi connectivity index (χ2n) is 6.20. The number of amides is 1. The first-order valence-electron chi connectivity index (χ1n) is 8.50. The summed E-state index contributed by atoms with van der Waals surface area (Å²) in [6.07, 6.45) is 9.55. The normalized spacial score (nSPS) is 15.0. The van der Waals surface area contributed by atoms with Gasteiger partial charge in [-0.3, -0.25) is 9.78 Å². The van der Waals surface area contributed by atoms with E-state index in [-0.39, 0.29) is 5.91 Å². The first-order valence-corrected chi connectivity index (χ1v) is 8.50. The van der Waals surface area contributed by atoms with Crippen LogP contribution < -0.4 is 10.6 Å². The number of hydrogen-bond acceptors (Lipinski definition) is 5. The molecule has 1 aliphatic rings. The number of carbonyl (C=O) groups is 1. The second-order valence-corrected chi connectivity index (χ2v) is 6.20. The number of nitrogens with one attached hydrogen (secondary N) is 2. The highest BCUT2D eigenvalue weighted by Gasteiger charge is 2.16. The Bertz CT molecular complexity index is 683. The molecule has 3 rings (SSSR count). The van der Waals surface area contributed by atoms with Gasteiger partial charge >= 0.3 is 0 Å². The van der Waals surface area contributed by atoms with Gasteiger partial charge in [0, 0.05) is 31.0 Å². The van der Waals surface area contributed by atoms with Crippen LogP contribution in [0.4, 0.5) is 5.82 Å². The molecule has 2 N–H and O–H groups in total. The summed E-state index contributed by atoms with van der Waals surface area (Å²) in [5.41, 5.74) is 1.40.